The van der Waals surface area contributed by atoms with Crippen molar-refractivity contribution in [3.63, 3.8) is 0 Å². The number of hydrogen-bond acceptors (Lipinski definition) is 6. The van der Waals surface area contributed by atoms with E-state index in [-0.39, 0.29) is 5.75 Å². The van der Waals surface area contributed by atoms with Gasteiger partial charge in [-0.25, -0.2) is 0 Å². The lowest BCUT2D eigenvalue weighted by Crippen LogP contribution is -1.94. The summed E-state index contributed by atoms with van der Waals surface area (Å²) in [6.45, 7) is 0. The van der Waals surface area contributed by atoms with E-state index in [9.17, 15) is 5.11 Å². The summed E-state index contributed by atoms with van der Waals surface area (Å²) in [4.78, 5) is 0. The van der Waals surface area contributed by atoms with Gasteiger partial charge >= 0.3 is 0 Å². The van der Waals surface area contributed by atoms with E-state index >= 15 is 0 Å². The highest BCUT2D eigenvalue weighted by atomic mass is 16.5. The minimum Gasteiger partial charge on any atom is -0.508 e. The van der Waals surface area contributed by atoms with E-state index in [4.69, 9.17) is 14.2 Å². The quantitative estimate of drug-likeness (QED) is 0.848. The standard InChI is InChI=1S/C15H16N2O4/c1-19-13-8-11(9-14(20-2)15(13)21-3)17-16-10-4-6-12(18)7-5-10/h4-9,18H,1-3H3. The third kappa shape index (κ3) is 3.42. The summed E-state index contributed by atoms with van der Waals surface area (Å²) in [6, 6.07) is 9.82. The molecule has 0 aliphatic carbocycles. The predicted molar refractivity (Wildman–Crippen MR) is 78.4 cm³/mol. The molecule has 0 radical (unpaired) electrons. The number of aromatic hydroxyl groups is 1. The minimum absolute atomic E-state index is 0.182. The fourth-order valence-electron chi connectivity index (χ4n) is 1.76. The van der Waals surface area contributed by atoms with E-state index in [1.54, 1.807) is 36.4 Å². The van der Waals surface area contributed by atoms with Gasteiger partial charge in [0, 0.05) is 12.1 Å². The van der Waals surface area contributed by atoms with Crippen LogP contribution in [-0.4, -0.2) is 26.4 Å². The first-order valence-electron chi connectivity index (χ1n) is 6.18. The second-order valence-corrected chi connectivity index (χ2v) is 4.10. The van der Waals surface area contributed by atoms with Crippen LogP contribution in [0, 0.1) is 0 Å². The SMILES string of the molecule is COc1cc(N=Nc2ccc(O)cc2)cc(OC)c1OC. The molecule has 0 atom stereocenters. The molecule has 0 spiro atoms. The first kappa shape index (κ1) is 14.6. The van der Waals surface area contributed by atoms with Gasteiger partial charge in [-0.2, -0.15) is 10.2 Å². The van der Waals surface area contributed by atoms with Crippen LogP contribution in [0.4, 0.5) is 11.4 Å². The van der Waals surface area contributed by atoms with Crippen molar-refractivity contribution >= 4 is 11.4 Å². The molecule has 2 aromatic carbocycles. The van der Waals surface area contributed by atoms with Gasteiger partial charge in [0.2, 0.25) is 5.75 Å². The third-order valence-corrected chi connectivity index (χ3v) is 2.78. The van der Waals surface area contributed by atoms with Crippen molar-refractivity contribution in [3.8, 4) is 23.0 Å². The lowest BCUT2D eigenvalue weighted by Gasteiger charge is -2.12. The summed E-state index contributed by atoms with van der Waals surface area (Å²) >= 11 is 0. The van der Waals surface area contributed by atoms with Gasteiger partial charge < -0.3 is 19.3 Å². The van der Waals surface area contributed by atoms with Gasteiger partial charge in [-0.15, -0.1) is 0 Å². The summed E-state index contributed by atoms with van der Waals surface area (Å²) in [5, 5.41) is 17.4. The van der Waals surface area contributed by atoms with Crippen molar-refractivity contribution in [1.29, 1.82) is 0 Å². The summed E-state index contributed by atoms with van der Waals surface area (Å²) in [6.07, 6.45) is 0. The number of rotatable bonds is 5. The Labute approximate surface area is 122 Å². The maximum Gasteiger partial charge on any atom is 0.203 e. The van der Waals surface area contributed by atoms with Gasteiger partial charge in [0.1, 0.15) is 5.75 Å². The van der Waals surface area contributed by atoms with Crippen molar-refractivity contribution in [2.24, 2.45) is 10.2 Å². The van der Waals surface area contributed by atoms with E-state index in [0.29, 0.717) is 28.6 Å². The van der Waals surface area contributed by atoms with Gasteiger partial charge in [-0.05, 0) is 24.3 Å². The molecule has 1 N–H and O–H groups in total. The molecule has 0 fully saturated rings. The predicted octanol–water partition coefficient (Wildman–Crippen LogP) is 3.83. The van der Waals surface area contributed by atoms with Crippen molar-refractivity contribution < 1.29 is 19.3 Å². The monoisotopic (exact) mass is 288 g/mol. The molecular formula is C15H16N2O4. The summed E-state index contributed by atoms with van der Waals surface area (Å²) in [5.41, 5.74) is 1.19. The van der Waals surface area contributed by atoms with Gasteiger partial charge in [-0.3, -0.25) is 0 Å². The molecule has 0 unspecified atom stereocenters. The highest BCUT2D eigenvalue weighted by Crippen LogP contribution is 2.41. The average Bonchev–Trinajstić information content (AvgIpc) is 2.53. The number of methoxy groups -OCH3 is 3. The zero-order valence-corrected chi connectivity index (χ0v) is 12.0. The van der Waals surface area contributed by atoms with E-state index in [1.807, 2.05) is 0 Å². The zero-order valence-electron chi connectivity index (χ0n) is 12.0. The minimum atomic E-state index is 0.182. The number of azo groups is 1. The molecular weight excluding hydrogens is 272 g/mol. The molecule has 0 saturated carbocycles. The van der Waals surface area contributed by atoms with Crippen molar-refractivity contribution in [1.82, 2.24) is 0 Å². The van der Waals surface area contributed by atoms with Crippen LogP contribution in [-0.2, 0) is 0 Å². The Morgan fingerprint density at radius 2 is 1.29 bits per heavy atom. The van der Waals surface area contributed by atoms with Crippen LogP contribution in [0.2, 0.25) is 0 Å². The smallest absolute Gasteiger partial charge is 0.203 e. The number of nitrogens with zero attached hydrogens (tertiary/aromatic N) is 2. The second-order valence-electron chi connectivity index (χ2n) is 4.10. The number of benzene rings is 2. The maximum atomic E-state index is 9.22. The van der Waals surface area contributed by atoms with Crippen LogP contribution in [0.15, 0.2) is 46.6 Å². The van der Waals surface area contributed by atoms with Crippen LogP contribution < -0.4 is 14.2 Å². The molecule has 0 heterocycles. The molecule has 0 amide bonds. The van der Waals surface area contributed by atoms with Gasteiger partial charge in [0.25, 0.3) is 0 Å². The molecule has 2 rings (SSSR count). The number of phenols is 1. The van der Waals surface area contributed by atoms with E-state index in [2.05, 4.69) is 10.2 Å². The van der Waals surface area contributed by atoms with Gasteiger partial charge in [0.15, 0.2) is 11.5 Å². The normalized spacial score (nSPS) is 10.6. The first-order valence-corrected chi connectivity index (χ1v) is 6.18. The Hall–Kier alpha value is -2.76. The Balaban J connectivity index is 2.33. The molecule has 2 aromatic rings. The zero-order chi connectivity index (χ0) is 15.2. The van der Waals surface area contributed by atoms with Crippen molar-refractivity contribution in [2.75, 3.05) is 21.3 Å². The van der Waals surface area contributed by atoms with Crippen LogP contribution >= 0.6 is 0 Å². The lowest BCUT2D eigenvalue weighted by molar-refractivity contribution is 0.324. The Morgan fingerprint density at radius 1 is 0.762 bits per heavy atom. The first-order chi connectivity index (χ1) is 10.2. The molecule has 0 bridgehead atoms. The molecule has 110 valence electrons. The Kier molecular flexibility index (Phi) is 4.61. The fraction of sp³-hybridized carbons (Fsp3) is 0.200. The van der Waals surface area contributed by atoms with Gasteiger partial charge in [0.05, 0.1) is 32.7 Å². The van der Waals surface area contributed by atoms with Crippen LogP contribution in [0.5, 0.6) is 23.0 Å². The maximum absolute atomic E-state index is 9.22. The van der Waals surface area contributed by atoms with Crippen molar-refractivity contribution in [2.45, 2.75) is 0 Å². The number of hydrogen-bond donors (Lipinski definition) is 1. The average molecular weight is 288 g/mol. The third-order valence-electron chi connectivity index (χ3n) is 2.78. The van der Waals surface area contributed by atoms with E-state index in [0.717, 1.165) is 0 Å². The van der Waals surface area contributed by atoms with E-state index in [1.165, 1.54) is 21.3 Å². The fourth-order valence-corrected chi connectivity index (χ4v) is 1.76. The number of ether oxygens (including phenoxy) is 3. The van der Waals surface area contributed by atoms with Crippen LogP contribution in [0.1, 0.15) is 0 Å². The van der Waals surface area contributed by atoms with Crippen LogP contribution in [0.3, 0.4) is 0 Å². The molecule has 6 heteroatoms. The second kappa shape index (κ2) is 6.60. The number of phenolic OH excluding ortho intramolecular Hbond substituents is 1. The lowest BCUT2D eigenvalue weighted by atomic mass is 10.2. The van der Waals surface area contributed by atoms with Crippen molar-refractivity contribution in [3.05, 3.63) is 36.4 Å². The highest BCUT2D eigenvalue weighted by molar-refractivity contribution is 5.60. The summed E-state index contributed by atoms with van der Waals surface area (Å²) < 4.78 is 15.7. The molecule has 0 aliphatic rings. The topological polar surface area (TPSA) is 72.6 Å². The molecule has 0 saturated heterocycles. The highest BCUT2D eigenvalue weighted by Gasteiger charge is 2.12. The molecule has 21 heavy (non-hydrogen) atoms. The molecule has 0 aromatic heterocycles. The molecule has 0 aliphatic heterocycles. The Bertz CT molecular complexity index is 614. The van der Waals surface area contributed by atoms with Gasteiger partial charge in [-0.1, -0.05) is 0 Å². The Morgan fingerprint density at radius 3 is 1.76 bits per heavy atom. The van der Waals surface area contributed by atoms with E-state index < -0.39 is 0 Å². The molecule has 6 nitrogen and oxygen atoms in total. The summed E-state index contributed by atoms with van der Waals surface area (Å²) in [5.74, 6) is 1.71. The largest absolute Gasteiger partial charge is 0.508 e. The summed E-state index contributed by atoms with van der Waals surface area (Å²) in [7, 11) is 4.62. The van der Waals surface area contributed by atoms with Crippen LogP contribution in [0.25, 0.3) is 0 Å².